The average molecular weight is 315 g/mol. The molecule has 0 heterocycles. The van der Waals surface area contributed by atoms with Gasteiger partial charge in [-0.3, -0.25) is 0 Å². The highest BCUT2D eigenvalue weighted by Crippen LogP contribution is 2.20. The molecule has 0 amide bonds. The Balaban J connectivity index is 2.31. The van der Waals surface area contributed by atoms with Crippen LogP contribution in [-0.4, -0.2) is 45.3 Å². The SMILES string of the molecule is COCCNCCN(C)Cc1cccc(Br)c1C. The molecule has 1 aromatic carbocycles. The largest absolute Gasteiger partial charge is 0.383 e. The van der Waals surface area contributed by atoms with Gasteiger partial charge in [0.15, 0.2) is 0 Å². The van der Waals surface area contributed by atoms with Gasteiger partial charge < -0.3 is 15.0 Å². The van der Waals surface area contributed by atoms with Gasteiger partial charge in [-0.2, -0.15) is 0 Å². The first-order valence-corrected chi connectivity index (χ1v) is 7.06. The second-order valence-corrected chi connectivity index (χ2v) is 5.36. The lowest BCUT2D eigenvalue weighted by molar-refractivity contribution is 0.197. The van der Waals surface area contributed by atoms with E-state index in [0.717, 1.165) is 32.8 Å². The van der Waals surface area contributed by atoms with Gasteiger partial charge in [0.2, 0.25) is 0 Å². The van der Waals surface area contributed by atoms with E-state index in [2.05, 4.69) is 58.3 Å². The van der Waals surface area contributed by atoms with Crippen molar-refractivity contribution in [1.29, 1.82) is 0 Å². The van der Waals surface area contributed by atoms with Gasteiger partial charge in [0.25, 0.3) is 0 Å². The van der Waals surface area contributed by atoms with Crippen molar-refractivity contribution in [3.63, 3.8) is 0 Å². The zero-order chi connectivity index (χ0) is 13.4. The number of benzene rings is 1. The topological polar surface area (TPSA) is 24.5 Å². The molecule has 0 aliphatic carbocycles. The summed E-state index contributed by atoms with van der Waals surface area (Å²) in [6.07, 6.45) is 0. The standard InChI is InChI=1S/C14H23BrN2O/c1-12-13(5-4-6-14(12)15)11-17(2)9-7-16-8-10-18-3/h4-6,16H,7-11H2,1-3H3. The van der Waals surface area contributed by atoms with Gasteiger partial charge in [0.05, 0.1) is 6.61 Å². The lowest BCUT2D eigenvalue weighted by Gasteiger charge is -2.18. The molecule has 0 bridgehead atoms. The third-order valence-corrected chi connectivity index (χ3v) is 3.83. The molecule has 18 heavy (non-hydrogen) atoms. The summed E-state index contributed by atoms with van der Waals surface area (Å²) in [4.78, 5) is 2.33. The van der Waals surface area contributed by atoms with Gasteiger partial charge in [-0.1, -0.05) is 28.1 Å². The minimum atomic E-state index is 0.772. The summed E-state index contributed by atoms with van der Waals surface area (Å²) in [6, 6.07) is 6.37. The Morgan fingerprint density at radius 3 is 2.83 bits per heavy atom. The first-order valence-electron chi connectivity index (χ1n) is 6.27. The van der Waals surface area contributed by atoms with E-state index in [0.29, 0.717) is 0 Å². The number of nitrogens with zero attached hydrogens (tertiary/aromatic N) is 1. The molecule has 4 heteroatoms. The predicted octanol–water partition coefficient (Wildman–Crippen LogP) is 2.43. The Morgan fingerprint density at radius 1 is 1.33 bits per heavy atom. The van der Waals surface area contributed by atoms with E-state index in [9.17, 15) is 0 Å². The minimum Gasteiger partial charge on any atom is -0.383 e. The highest BCUT2D eigenvalue weighted by Gasteiger charge is 2.04. The van der Waals surface area contributed by atoms with Gasteiger partial charge in [0, 0.05) is 37.8 Å². The molecule has 0 saturated heterocycles. The third-order valence-electron chi connectivity index (χ3n) is 2.97. The van der Waals surface area contributed by atoms with Crippen LogP contribution < -0.4 is 5.32 Å². The number of ether oxygens (including phenoxy) is 1. The highest BCUT2D eigenvalue weighted by molar-refractivity contribution is 9.10. The van der Waals surface area contributed by atoms with Crippen molar-refractivity contribution < 1.29 is 4.74 Å². The molecule has 0 saturated carbocycles. The van der Waals surface area contributed by atoms with Crippen LogP contribution in [0.3, 0.4) is 0 Å². The molecule has 102 valence electrons. The monoisotopic (exact) mass is 314 g/mol. The molecule has 0 atom stereocenters. The van der Waals surface area contributed by atoms with Crippen LogP contribution in [0.25, 0.3) is 0 Å². The summed E-state index contributed by atoms with van der Waals surface area (Å²) in [5, 5.41) is 3.35. The van der Waals surface area contributed by atoms with E-state index in [1.165, 1.54) is 15.6 Å². The van der Waals surface area contributed by atoms with Crippen molar-refractivity contribution in [2.75, 3.05) is 40.4 Å². The van der Waals surface area contributed by atoms with E-state index >= 15 is 0 Å². The van der Waals surface area contributed by atoms with Gasteiger partial charge in [-0.05, 0) is 31.2 Å². The Bertz CT molecular complexity index is 358. The summed E-state index contributed by atoms with van der Waals surface area (Å²) >= 11 is 3.57. The summed E-state index contributed by atoms with van der Waals surface area (Å²) in [5.74, 6) is 0. The molecular weight excluding hydrogens is 292 g/mol. The number of likely N-dealkylation sites (N-methyl/N-ethyl adjacent to an activating group) is 1. The molecule has 0 aromatic heterocycles. The number of rotatable bonds is 8. The van der Waals surface area contributed by atoms with Gasteiger partial charge in [-0.15, -0.1) is 0 Å². The van der Waals surface area contributed by atoms with Crippen LogP contribution in [0.15, 0.2) is 22.7 Å². The van der Waals surface area contributed by atoms with Crippen molar-refractivity contribution in [1.82, 2.24) is 10.2 Å². The molecule has 1 aromatic rings. The van der Waals surface area contributed by atoms with Crippen LogP contribution in [-0.2, 0) is 11.3 Å². The Morgan fingerprint density at radius 2 is 2.11 bits per heavy atom. The number of halogens is 1. The van der Waals surface area contributed by atoms with E-state index < -0.39 is 0 Å². The summed E-state index contributed by atoms with van der Waals surface area (Å²) < 4.78 is 6.18. The van der Waals surface area contributed by atoms with Crippen molar-refractivity contribution in [2.24, 2.45) is 0 Å². The number of methoxy groups -OCH3 is 1. The van der Waals surface area contributed by atoms with Gasteiger partial charge in [0.1, 0.15) is 0 Å². The fourth-order valence-corrected chi connectivity index (χ4v) is 2.17. The minimum absolute atomic E-state index is 0.772. The fourth-order valence-electron chi connectivity index (χ4n) is 1.76. The highest BCUT2D eigenvalue weighted by atomic mass is 79.9. The van der Waals surface area contributed by atoms with E-state index in [1.807, 2.05) is 0 Å². The molecule has 3 nitrogen and oxygen atoms in total. The normalized spacial score (nSPS) is 11.2. The third kappa shape index (κ3) is 5.48. The van der Waals surface area contributed by atoms with Crippen LogP contribution in [0.1, 0.15) is 11.1 Å². The average Bonchev–Trinajstić information content (AvgIpc) is 2.35. The van der Waals surface area contributed by atoms with E-state index in [4.69, 9.17) is 4.74 Å². The second kappa shape index (κ2) is 8.64. The number of hydrogen-bond donors (Lipinski definition) is 1. The molecule has 0 unspecified atom stereocenters. The van der Waals surface area contributed by atoms with Crippen molar-refractivity contribution >= 4 is 15.9 Å². The van der Waals surface area contributed by atoms with Crippen LogP contribution in [0.4, 0.5) is 0 Å². The summed E-state index contributed by atoms with van der Waals surface area (Å²) in [6.45, 7) is 6.86. The summed E-state index contributed by atoms with van der Waals surface area (Å²) in [5.41, 5.74) is 2.71. The lowest BCUT2D eigenvalue weighted by atomic mass is 10.1. The van der Waals surface area contributed by atoms with Crippen molar-refractivity contribution in [3.8, 4) is 0 Å². The van der Waals surface area contributed by atoms with Crippen molar-refractivity contribution in [3.05, 3.63) is 33.8 Å². The van der Waals surface area contributed by atoms with Crippen LogP contribution in [0.5, 0.6) is 0 Å². The van der Waals surface area contributed by atoms with Crippen molar-refractivity contribution in [2.45, 2.75) is 13.5 Å². The molecule has 0 aliphatic heterocycles. The lowest BCUT2D eigenvalue weighted by Crippen LogP contribution is -2.30. The smallest absolute Gasteiger partial charge is 0.0587 e. The van der Waals surface area contributed by atoms with Gasteiger partial charge in [-0.25, -0.2) is 0 Å². The predicted molar refractivity (Wildman–Crippen MR) is 80.0 cm³/mol. The maximum atomic E-state index is 4.99. The molecule has 0 spiro atoms. The molecule has 0 fully saturated rings. The quantitative estimate of drug-likeness (QED) is 0.746. The van der Waals surface area contributed by atoms with Crippen LogP contribution >= 0.6 is 15.9 Å². The molecule has 0 aliphatic rings. The summed E-state index contributed by atoms with van der Waals surface area (Å²) in [7, 11) is 3.88. The Hall–Kier alpha value is -0.420. The first kappa shape index (κ1) is 15.6. The van der Waals surface area contributed by atoms with Gasteiger partial charge >= 0.3 is 0 Å². The second-order valence-electron chi connectivity index (χ2n) is 4.50. The molecule has 1 rings (SSSR count). The maximum Gasteiger partial charge on any atom is 0.0587 e. The number of hydrogen-bond acceptors (Lipinski definition) is 3. The zero-order valence-corrected chi connectivity index (χ0v) is 13.1. The molecule has 0 radical (unpaired) electrons. The Labute approximate surface area is 119 Å². The first-order chi connectivity index (χ1) is 8.65. The molecular formula is C14H23BrN2O. The van der Waals surface area contributed by atoms with E-state index in [1.54, 1.807) is 7.11 Å². The fraction of sp³-hybridized carbons (Fsp3) is 0.571. The Kier molecular flexibility index (Phi) is 7.51. The molecule has 1 N–H and O–H groups in total. The van der Waals surface area contributed by atoms with E-state index in [-0.39, 0.29) is 0 Å². The number of nitrogens with one attached hydrogen (secondary N) is 1. The van der Waals surface area contributed by atoms with Crippen LogP contribution in [0.2, 0.25) is 0 Å². The van der Waals surface area contributed by atoms with Crippen LogP contribution in [0, 0.1) is 6.92 Å². The maximum absolute atomic E-state index is 4.99. The zero-order valence-electron chi connectivity index (χ0n) is 11.5.